The molecule has 1 aromatic rings. The fraction of sp³-hybridized carbons (Fsp3) is 0.125. The van der Waals surface area contributed by atoms with Crippen LogP contribution in [0, 0.1) is 0 Å². The summed E-state index contributed by atoms with van der Waals surface area (Å²) < 4.78 is 4.69. The zero-order valence-electron chi connectivity index (χ0n) is 5.66. The van der Waals surface area contributed by atoms with Crippen molar-refractivity contribution in [2.24, 2.45) is 0 Å². The summed E-state index contributed by atoms with van der Waals surface area (Å²) in [6.45, 7) is 0. The van der Waals surface area contributed by atoms with E-state index < -0.39 is 0 Å². The van der Waals surface area contributed by atoms with E-state index in [2.05, 4.69) is 4.74 Å². The van der Waals surface area contributed by atoms with Gasteiger partial charge in [-0.3, -0.25) is 9.90 Å². The predicted molar refractivity (Wildman–Crippen MR) is 35.9 cm³/mol. The fourth-order valence-electron chi connectivity index (χ4n) is 1.12. The molecule has 1 heterocycles. The zero-order valence-corrected chi connectivity index (χ0v) is 5.66. The molecule has 0 N–H and O–H groups in total. The number of para-hydroxylation sites is 1. The third-order valence-electron chi connectivity index (χ3n) is 1.61. The molecule has 0 saturated carbocycles. The van der Waals surface area contributed by atoms with Crippen LogP contribution in [0.5, 0.6) is 11.5 Å². The Bertz CT molecular complexity index is 317. The second-order valence-electron chi connectivity index (χ2n) is 2.40. The topological polar surface area (TPSA) is 46.2 Å². The van der Waals surface area contributed by atoms with Crippen molar-refractivity contribution in [3.05, 3.63) is 23.8 Å². The van der Waals surface area contributed by atoms with E-state index in [9.17, 15) is 9.90 Å². The van der Waals surface area contributed by atoms with Crippen molar-refractivity contribution in [1.82, 2.24) is 0 Å². The number of hydrogen-bond acceptors (Lipinski definition) is 2. The number of carbonyl (C=O) groups is 1. The van der Waals surface area contributed by atoms with Gasteiger partial charge in [0.25, 0.3) is 0 Å². The molecule has 1 aromatic carbocycles. The summed E-state index contributed by atoms with van der Waals surface area (Å²) in [7, 11) is 0. The largest absolute Gasteiger partial charge is 0.422 e. The second kappa shape index (κ2) is 1.99. The highest BCUT2D eigenvalue weighted by atomic mass is 16.5. The van der Waals surface area contributed by atoms with Crippen LogP contribution >= 0.6 is 0 Å². The molecule has 0 spiro atoms. The van der Waals surface area contributed by atoms with Crippen molar-refractivity contribution in [3.8, 4) is 11.5 Å². The van der Waals surface area contributed by atoms with Crippen LogP contribution in [0.1, 0.15) is 5.56 Å². The van der Waals surface area contributed by atoms with Crippen molar-refractivity contribution >= 4 is 5.97 Å². The molecule has 1 radical (unpaired) electrons. The standard InChI is InChI=1S/C8H5O3/c9-6-3-1-2-5-4-7(10)11-8(5)6/h1-3H,4H2. The Morgan fingerprint density at radius 1 is 1.36 bits per heavy atom. The van der Waals surface area contributed by atoms with Crippen molar-refractivity contribution in [3.63, 3.8) is 0 Å². The highest BCUT2D eigenvalue weighted by Crippen LogP contribution is 2.34. The fourth-order valence-corrected chi connectivity index (χ4v) is 1.12. The van der Waals surface area contributed by atoms with Crippen molar-refractivity contribution < 1.29 is 14.6 Å². The van der Waals surface area contributed by atoms with E-state index in [1.165, 1.54) is 6.07 Å². The minimum atomic E-state index is -0.344. The predicted octanol–water partition coefficient (Wildman–Crippen LogP) is 1.29. The van der Waals surface area contributed by atoms with Crippen molar-refractivity contribution in [2.75, 3.05) is 0 Å². The molecule has 0 aliphatic carbocycles. The minimum absolute atomic E-state index is 0.206. The number of fused-ring (bicyclic) bond motifs is 1. The third kappa shape index (κ3) is 0.852. The molecule has 1 aliphatic heterocycles. The minimum Gasteiger partial charge on any atom is -0.422 e. The average molecular weight is 149 g/mol. The molecule has 0 amide bonds. The van der Waals surface area contributed by atoms with Gasteiger partial charge in [0.1, 0.15) is 0 Å². The molecule has 11 heavy (non-hydrogen) atoms. The van der Waals surface area contributed by atoms with Crippen LogP contribution in [0.15, 0.2) is 18.2 Å². The van der Waals surface area contributed by atoms with Crippen LogP contribution in [-0.2, 0) is 16.3 Å². The monoisotopic (exact) mass is 149 g/mol. The summed E-state index contributed by atoms with van der Waals surface area (Å²) in [4.78, 5) is 10.7. The van der Waals surface area contributed by atoms with Gasteiger partial charge in [-0.05, 0) is 6.07 Å². The van der Waals surface area contributed by atoms with E-state index in [0.717, 1.165) is 0 Å². The lowest BCUT2D eigenvalue weighted by Gasteiger charge is -1.94. The Kier molecular flexibility index (Phi) is 1.12. The van der Waals surface area contributed by atoms with Gasteiger partial charge in [0.15, 0.2) is 5.75 Å². The maximum absolute atomic E-state index is 11.0. The summed E-state index contributed by atoms with van der Waals surface area (Å²) in [5, 5.41) is 11.0. The molecule has 3 nitrogen and oxygen atoms in total. The van der Waals surface area contributed by atoms with E-state index in [4.69, 9.17) is 0 Å². The van der Waals surface area contributed by atoms with Gasteiger partial charge in [-0.25, -0.2) is 0 Å². The first-order valence-electron chi connectivity index (χ1n) is 3.27. The Morgan fingerprint density at radius 3 is 2.91 bits per heavy atom. The first kappa shape index (κ1) is 6.22. The summed E-state index contributed by atoms with van der Waals surface area (Å²) in [6.07, 6.45) is 0.228. The molecule has 0 aromatic heterocycles. The Labute approximate surface area is 63.2 Å². The van der Waals surface area contributed by atoms with Crippen LogP contribution in [-0.4, -0.2) is 5.97 Å². The van der Waals surface area contributed by atoms with Gasteiger partial charge < -0.3 is 4.74 Å². The SMILES string of the molecule is [O]c1cccc2c1OC(=O)C2. The smallest absolute Gasteiger partial charge is 0.315 e. The summed E-state index contributed by atoms with van der Waals surface area (Å²) in [5.74, 6) is -0.353. The van der Waals surface area contributed by atoms with Gasteiger partial charge in [-0.15, -0.1) is 0 Å². The number of hydrogen-bond donors (Lipinski definition) is 0. The summed E-state index contributed by atoms with van der Waals surface area (Å²) >= 11 is 0. The molecule has 0 saturated heterocycles. The highest BCUT2D eigenvalue weighted by molar-refractivity contribution is 5.82. The maximum atomic E-state index is 11.0. The first-order chi connectivity index (χ1) is 5.27. The van der Waals surface area contributed by atoms with E-state index in [1.54, 1.807) is 12.1 Å². The number of benzene rings is 1. The zero-order chi connectivity index (χ0) is 7.84. The van der Waals surface area contributed by atoms with Gasteiger partial charge in [0.05, 0.1) is 6.42 Å². The van der Waals surface area contributed by atoms with Crippen LogP contribution in [0.25, 0.3) is 0 Å². The summed E-state index contributed by atoms with van der Waals surface area (Å²) in [5.41, 5.74) is 0.697. The normalized spacial score (nSPS) is 14.4. The van der Waals surface area contributed by atoms with Crippen LogP contribution in [0.3, 0.4) is 0 Å². The Balaban J connectivity index is 2.57. The van der Waals surface area contributed by atoms with Gasteiger partial charge in [0, 0.05) is 5.56 Å². The van der Waals surface area contributed by atoms with Gasteiger partial charge >= 0.3 is 5.97 Å². The van der Waals surface area contributed by atoms with Crippen LogP contribution < -0.4 is 4.74 Å². The quantitative estimate of drug-likeness (QED) is 0.412. The molecular weight excluding hydrogens is 144 g/mol. The highest BCUT2D eigenvalue weighted by Gasteiger charge is 2.23. The summed E-state index contributed by atoms with van der Waals surface area (Å²) in [6, 6.07) is 4.74. The maximum Gasteiger partial charge on any atom is 0.315 e. The number of esters is 1. The molecule has 0 atom stereocenters. The van der Waals surface area contributed by atoms with Crippen LogP contribution in [0.4, 0.5) is 0 Å². The van der Waals surface area contributed by atoms with Gasteiger partial charge in [-0.2, -0.15) is 0 Å². The van der Waals surface area contributed by atoms with Crippen molar-refractivity contribution in [1.29, 1.82) is 0 Å². The molecule has 0 unspecified atom stereocenters. The van der Waals surface area contributed by atoms with E-state index in [-0.39, 0.29) is 23.9 Å². The average Bonchev–Trinajstić information content (AvgIpc) is 2.31. The Morgan fingerprint density at radius 2 is 2.18 bits per heavy atom. The van der Waals surface area contributed by atoms with Crippen molar-refractivity contribution in [2.45, 2.75) is 6.42 Å². The third-order valence-corrected chi connectivity index (χ3v) is 1.61. The first-order valence-corrected chi connectivity index (χ1v) is 3.27. The number of rotatable bonds is 0. The number of ether oxygens (including phenoxy) is 1. The van der Waals surface area contributed by atoms with E-state index in [0.29, 0.717) is 5.56 Å². The molecule has 55 valence electrons. The van der Waals surface area contributed by atoms with Gasteiger partial charge in [-0.1, -0.05) is 12.1 Å². The lowest BCUT2D eigenvalue weighted by molar-refractivity contribution is -0.132. The van der Waals surface area contributed by atoms with E-state index >= 15 is 0 Å². The molecule has 1 aliphatic rings. The Hall–Kier alpha value is -1.51. The molecule has 2 rings (SSSR count). The lowest BCUT2D eigenvalue weighted by Crippen LogP contribution is -2.00. The van der Waals surface area contributed by atoms with E-state index in [1.807, 2.05) is 0 Å². The molecular formula is C8H5O3. The second-order valence-corrected chi connectivity index (χ2v) is 2.40. The lowest BCUT2D eigenvalue weighted by atomic mass is 10.1. The van der Waals surface area contributed by atoms with Crippen LogP contribution in [0.2, 0.25) is 0 Å². The van der Waals surface area contributed by atoms with Gasteiger partial charge in [0.2, 0.25) is 5.75 Å². The molecule has 0 fully saturated rings. The molecule has 0 bridgehead atoms. The molecule has 3 heteroatoms. The number of carbonyl (C=O) groups excluding carboxylic acids is 1.